The normalized spacial score (nSPS) is 22.2. The van der Waals surface area contributed by atoms with Crippen LogP contribution in [0.25, 0.3) is 0 Å². The molecule has 2 aliphatic rings. The summed E-state index contributed by atoms with van der Waals surface area (Å²) in [5.41, 5.74) is 1.46. The second-order valence-electron chi connectivity index (χ2n) is 7.38. The molecule has 1 spiro atoms. The molecular weight excluding hydrogens is 330 g/mol. The number of amides is 2. The van der Waals surface area contributed by atoms with Crippen LogP contribution in [0.4, 0.5) is 0 Å². The second-order valence-corrected chi connectivity index (χ2v) is 7.38. The van der Waals surface area contributed by atoms with Crippen LogP contribution in [0, 0.1) is 6.92 Å². The van der Waals surface area contributed by atoms with E-state index < -0.39 is 0 Å². The van der Waals surface area contributed by atoms with Gasteiger partial charge in [0, 0.05) is 25.7 Å². The first-order valence-electron chi connectivity index (χ1n) is 9.05. The number of aryl methyl sites for hydroxylation is 1. The van der Waals surface area contributed by atoms with E-state index in [1.54, 1.807) is 6.92 Å². The van der Waals surface area contributed by atoms with Gasteiger partial charge in [-0.05, 0) is 31.7 Å². The Kier molecular flexibility index (Phi) is 4.05. The predicted molar refractivity (Wildman–Crippen MR) is 95.7 cm³/mol. The quantitative estimate of drug-likeness (QED) is 0.832. The molecule has 6 nitrogen and oxygen atoms in total. The molecule has 136 valence electrons. The zero-order valence-corrected chi connectivity index (χ0v) is 15.1. The van der Waals surface area contributed by atoms with E-state index in [-0.39, 0.29) is 23.3 Å². The maximum absolute atomic E-state index is 12.9. The minimum absolute atomic E-state index is 0.0369. The van der Waals surface area contributed by atoms with Gasteiger partial charge in [0.25, 0.3) is 5.91 Å². The highest BCUT2D eigenvalue weighted by molar-refractivity contribution is 5.95. The summed E-state index contributed by atoms with van der Waals surface area (Å²) in [6.45, 7) is 3.03. The summed E-state index contributed by atoms with van der Waals surface area (Å²) in [5.74, 6) is 0.618. The van der Waals surface area contributed by atoms with Crippen molar-refractivity contribution in [2.75, 3.05) is 20.1 Å². The topological polar surface area (TPSA) is 66.7 Å². The number of hydrogen-bond donors (Lipinski definition) is 0. The largest absolute Gasteiger partial charge is 0.361 e. The van der Waals surface area contributed by atoms with Crippen LogP contribution in [0.15, 0.2) is 41.1 Å². The number of likely N-dealkylation sites (tertiary alicyclic amines) is 2. The molecule has 0 N–H and O–H groups in total. The number of rotatable bonds is 2. The molecular formula is C20H23N3O3. The van der Waals surface area contributed by atoms with Crippen molar-refractivity contribution in [1.82, 2.24) is 15.0 Å². The Labute approximate surface area is 152 Å². The number of hydrogen-bond acceptors (Lipinski definition) is 4. The fourth-order valence-corrected chi connectivity index (χ4v) is 4.36. The van der Waals surface area contributed by atoms with Crippen LogP contribution >= 0.6 is 0 Å². The number of carbonyl (C=O) groups excluding carboxylic acids is 2. The number of benzene rings is 1. The Morgan fingerprint density at radius 2 is 1.92 bits per heavy atom. The summed E-state index contributed by atoms with van der Waals surface area (Å²) in [4.78, 5) is 29.3. The first kappa shape index (κ1) is 16.8. The van der Waals surface area contributed by atoms with Crippen LogP contribution in [0.3, 0.4) is 0 Å². The van der Waals surface area contributed by atoms with Crippen molar-refractivity contribution >= 4 is 11.8 Å². The third kappa shape index (κ3) is 2.60. The monoisotopic (exact) mass is 353 g/mol. The molecule has 4 rings (SSSR count). The van der Waals surface area contributed by atoms with Gasteiger partial charge >= 0.3 is 0 Å². The fraction of sp³-hybridized carbons (Fsp3) is 0.450. The van der Waals surface area contributed by atoms with E-state index in [1.807, 2.05) is 47.2 Å². The van der Waals surface area contributed by atoms with Crippen molar-refractivity contribution in [3.8, 4) is 0 Å². The third-order valence-electron chi connectivity index (χ3n) is 6.09. The highest BCUT2D eigenvalue weighted by Gasteiger charge is 2.50. The van der Waals surface area contributed by atoms with E-state index in [1.165, 1.54) is 6.20 Å². The molecule has 0 bridgehead atoms. The summed E-state index contributed by atoms with van der Waals surface area (Å²) >= 11 is 0. The average Bonchev–Trinajstić information content (AvgIpc) is 3.20. The van der Waals surface area contributed by atoms with Crippen molar-refractivity contribution in [3.63, 3.8) is 0 Å². The van der Waals surface area contributed by atoms with Gasteiger partial charge in [-0.25, -0.2) is 0 Å². The third-order valence-corrected chi connectivity index (χ3v) is 6.09. The molecule has 0 radical (unpaired) electrons. The maximum Gasteiger partial charge on any atom is 0.259 e. The van der Waals surface area contributed by atoms with E-state index in [9.17, 15) is 9.59 Å². The number of aromatic nitrogens is 1. The zero-order chi connectivity index (χ0) is 18.3. The molecule has 2 aliphatic heterocycles. The number of piperidine rings is 1. The van der Waals surface area contributed by atoms with Gasteiger partial charge in [-0.2, -0.15) is 0 Å². The van der Waals surface area contributed by atoms with Crippen LogP contribution in [-0.2, 0) is 4.79 Å². The lowest BCUT2D eigenvalue weighted by Gasteiger charge is -2.43. The van der Waals surface area contributed by atoms with Crippen LogP contribution in [0.5, 0.6) is 0 Å². The average molecular weight is 353 g/mol. The summed E-state index contributed by atoms with van der Waals surface area (Å²) < 4.78 is 5.01. The van der Waals surface area contributed by atoms with Crippen molar-refractivity contribution in [1.29, 1.82) is 0 Å². The molecule has 1 aromatic carbocycles. The first-order valence-corrected chi connectivity index (χ1v) is 9.05. The van der Waals surface area contributed by atoms with E-state index in [4.69, 9.17) is 4.52 Å². The zero-order valence-electron chi connectivity index (χ0n) is 15.1. The highest BCUT2D eigenvalue weighted by atomic mass is 16.5. The van der Waals surface area contributed by atoms with Gasteiger partial charge in [0.05, 0.1) is 12.1 Å². The molecule has 0 unspecified atom stereocenters. The van der Waals surface area contributed by atoms with Gasteiger partial charge in [-0.3, -0.25) is 9.59 Å². The SMILES string of the molecule is Cc1oncc1C(=O)N1CCC2(CC1)C[C@H](c1ccccc1)C(=O)N2C. The van der Waals surface area contributed by atoms with Crippen LogP contribution in [0.2, 0.25) is 0 Å². The summed E-state index contributed by atoms with van der Waals surface area (Å²) in [5, 5.41) is 3.70. The molecule has 0 saturated carbocycles. The standard InChI is InChI=1S/C20H23N3O3/c1-14-17(13-21-26-14)19(25)23-10-8-20(9-11-23)12-16(18(24)22(20)2)15-6-4-3-5-7-15/h3-7,13,16H,8-12H2,1-2H3/t16-/m1/s1. The lowest BCUT2D eigenvalue weighted by molar-refractivity contribution is -0.131. The van der Waals surface area contributed by atoms with E-state index in [2.05, 4.69) is 5.16 Å². The molecule has 1 aromatic heterocycles. The van der Waals surface area contributed by atoms with Gasteiger partial charge in [0.2, 0.25) is 5.91 Å². The Hall–Kier alpha value is -2.63. The van der Waals surface area contributed by atoms with E-state index >= 15 is 0 Å². The Bertz CT molecular complexity index is 822. The molecule has 2 fully saturated rings. The lowest BCUT2D eigenvalue weighted by Crippen LogP contribution is -2.52. The molecule has 1 atom stereocenters. The molecule has 2 saturated heterocycles. The maximum atomic E-state index is 12.9. The van der Waals surface area contributed by atoms with E-state index in [0.717, 1.165) is 24.8 Å². The molecule has 2 aromatic rings. The van der Waals surface area contributed by atoms with Crippen molar-refractivity contribution in [2.45, 2.75) is 37.6 Å². The van der Waals surface area contributed by atoms with Crippen molar-refractivity contribution < 1.29 is 14.1 Å². The fourth-order valence-electron chi connectivity index (χ4n) is 4.36. The molecule has 6 heteroatoms. The molecule has 3 heterocycles. The van der Waals surface area contributed by atoms with Crippen LogP contribution < -0.4 is 0 Å². The highest BCUT2D eigenvalue weighted by Crippen LogP contribution is 2.44. The summed E-state index contributed by atoms with van der Waals surface area (Å²) in [6, 6.07) is 10.00. The minimum Gasteiger partial charge on any atom is -0.361 e. The smallest absolute Gasteiger partial charge is 0.259 e. The van der Waals surface area contributed by atoms with Gasteiger partial charge in [-0.1, -0.05) is 35.5 Å². The first-order chi connectivity index (χ1) is 12.5. The number of likely N-dealkylation sites (N-methyl/N-ethyl adjacent to an activating group) is 1. The number of carbonyl (C=O) groups is 2. The Morgan fingerprint density at radius 3 is 2.54 bits per heavy atom. The van der Waals surface area contributed by atoms with Gasteiger partial charge in [0.15, 0.2) is 0 Å². The Morgan fingerprint density at radius 1 is 1.23 bits per heavy atom. The Balaban J connectivity index is 1.49. The molecule has 26 heavy (non-hydrogen) atoms. The molecule has 0 aliphatic carbocycles. The van der Waals surface area contributed by atoms with E-state index in [0.29, 0.717) is 24.4 Å². The van der Waals surface area contributed by atoms with Gasteiger partial charge in [-0.15, -0.1) is 0 Å². The number of nitrogens with zero attached hydrogens (tertiary/aromatic N) is 3. The van der Waals surface area contributed by atoms with Crippen molar-refractivity contribution in [3.05, 3.63) is 53.4 Å². The van der Waals surface area contributed by atoms with Crippen LogP contribution in [-0.4, -0.2) is 52.4 Å². The lowest BCUT2D eigenvalue weighted by atomic mass is 9.81. The molecule has 2 amide bonds. The minimum atomic E-state index is -0.155. The van der Waals surface area contributed by atoms with Crippen LogP contribution in [0.1, 0.15) is 46.9 Å². The summed E-state index contributed by atoms with van der Waals surface area (Å²) in [6.07, 6.45) is 3.91. The van der Waals surface area contributed by atoms with Gasteiger partial charge in [0.1, 0.15) is 11.3 Å². The van der Waals surface area contributed by atoms with Gasteiger partial charge < -0.3 is 14.3 Å². The summed E-state index contributed by atoms with van der Waals surface area (Å²) in [7, 11) is 1.91. The predicted octanol–water partition coefficient (Wildman–Crippen LogP) is 2.60. The van der Waals surface area contributed by atoms with Crippen molar-refractivity contribution in [2.24, 2.45) is 0 Å². The second kappa shape index (κ2) is 6.27.